The van der Waals surface area contributed by atoms with Crippen molar-refractivity contribution in [1.82, 2.24) is 15.6 Å². The lowest BCUT2D eigenvalue weighted by Crippen LogP contribution is -2.39. The van der Waals surface area contributed by atoms with Crippen molar-refractivity contribution in [3.05, 3.63) is 53.9 Å². The number of hydrogen-bond donors (Lipinski definition) is 2. The molecule has 0 fully saturated rings. The van der Waals surface area contributed by atoms with E-state index in [0.717, 1.165) is 43.4 Å². The van der Waals surface area contributed by atoms with Gasteiger partial charge in [0.25, 0.3) is 0 Å². The first-order valence-corrected chi connectivity index (χ1v) is 8.31. The Hall–Kier alpha value is -2.03. The number of nitrogens with one attached hydrogen (secondary N) is 2. The van der Waals surface area contributed by atoms with Gasteiger partial charge >= 0.3 is 0 Å². The molecule has 0 amide bonds. The van der Waals surface area contributed by atoms with Gasteiger partial charge in [0.2, 0.25) is 0 Å². The van der Waals surface area contributed by atoms with Gasteiger partial charge in [-0.2, -0.15) is 0 Å². The minimum atomic E-state index is 0. The number of benzene rings is 1. The lowest BCUT2D eigenvalue weighted by Gasteiger charge is -2.13. The number of halogens is 1. The molecule has 1 aromatic heterocycles. The fraction of sp³-hybridized carbons (Fsp3) is 0.368. The Bertz CT molecular complexity index is 680. The molecule has 7 heteroatoms. The zero-order valence-corrected chi connectivity index (χ0v) is 17.8. The lowest BCUT2D eigenvalue weighted by molar-refractivity contribution is 0.354. The van der Waals surface area contributed by atoms with Gasteiger partial charge in [0.1, 0.15) is 0 Å². The van der Waals surface area contributed by atoms with Crippen molar-refractivity contribution in [1.29, 1.82) is 0 Å². The van der Waals surface area contributed by atoms with Crippen LogP contribution in [0.4, 0.5) is 0 Å². The van der Waals surface area contributed by atoms with Crippen LogP contribution in [0, 0.1) is 0 Å². The molecule has 2 rings (SSSR count). The molecule has 0 spiro atoms. The summed E-state index contributed by atoms with van der Waals surface area (Å²) in [5, 5.41) is 6.63. The highest BCUT2D eigenvalue weighted by Crippen LogP contribution is 2.27. The van der Waals surface area contributed by atoms with Crippen LogP contribution in [0.5, 0.6) is 11.5 Å². The fourth-order valence-electron chi connectivity index (χ4n) is 2.45. The van der Waals surface area contributed by atoms with E-state index < -0.39 is 0 Å². The predicted octanol–water partition coefficient (Wildman–Crippen LogP) is 2.67. The quantitative estimate of drug-likeness (QED) is 0.353. The summed E-state index contributed by atoms with van der Waals surface area (Å²) in [4.78, 5) is 8.37. The molecular formula is C19H27IN4O2. The van der Waals surface area contributed by atoms with E-state index in [2.05, 4.69) is 26.7 Å². The number of aliphatic imine (C=N–C) groups is 1. The van der Waals surface area contributed by atoms with Crippen LogP contribution in [-0.2, 0) is 12.8 Å². The molecule has 0 unspecified atom stereocenters. The van der Waals surface area contributed by atoms with Gasteiger partial charge < -0.3 is 20.1 Å². The van der Waals surface area contributed by atoms with Gasteiger partial charge in [-0.1, -0.05) is 12.1 Å². The molecule has 0 aliphatic heterocycles. The smallest absolute Gasteiger partial charge is 0.190 e. The van der Waals surface area contributed by atoms with Crippen molar-refractivity contribution in [3.8, 4) is 11.5 Å². The summed E-state index contributed by atoms with van der Waals surface area (Å²) < 4.78 is 10.6. The zero-order valence-electron chi connectivity index (χ0n) is 15.5. The van der Waals surface area contributed by atoms with E-state index in [-0.39, 0.29) is 24.0 Å². The van der Waals surface area contributed by atoms with Crippen molar-refractivity contribution in [3.63, 3.8) is 0 Å². The Morgan fingerprint density at radius 1 is 1.00 bits per heavy atom. The minimum Gasteiger partial charge on any atom is -0.493 e. The van der Waals surface area contributed by atoms with Gasteiger partial charge in [-0.25, -0.2) is 0 Å². The summed E-state index contributed by atoms with van der Waals surface area (Å²) in [6.07, 6.45) is 5.44. The van der Waals surface area contributed by atoms with Crippen LogP contribution in [0.1, 0.15) is 11.1 Å². The Morgan fingerprint density at radius 3 is 2.27 bits per heavy atom. The van der Waals surface area contributed by atoms with Crippen LogP contribution in [0.15, 0.2) is 47.7 Å². The summed E-state index contributed by atoms with van der Waals surface area (Å²) in [6, 6.07) is 9.99. The Morgan fingerprint density at radius 2 is 1.69 bits per heavy atom. The molecule has 142 valence electrons. The molecular weight excluding hydrogens is 443 g/mol. The number of pyridine rings is 1. The number of rotatable bonds is 8. The van der Waals surface area contributed by atoms with E-state index in [0.29, 0.717) is 0 Å². The van der Waals surface area contributed by atoms with E-state index in [1.165, 1.54) is 11.1 Å². The number of aromatic nitrogens is 1. The third-order valence-electron chi connectivity index (χ3n) is 3.81. The van der Waals surface area contributed by atoms with E-state index in [4.69, 9.17) is 9.47 Å². The number of guanidine groups is 1. The topological polar surface area (TPSA) is 67.8 Å². The second kappa shape index (κ2) is 12.3. The zero-order chi connectivity index (χ0) is 17.9. The Labute approximate surface area is 172 Å². The maximum atomic E-state index is 5.33. The van der Waals surface area contributed by atoms with Gasteiger partial charge in [-0.15, -0.1) is 24.0 Å². The molecule has 26 heavy (non-hydrogen) atoms. The average molecular weight is 470 g/mol. The van der Waals surface area contributed by atoms with Gasteiger partial charge in [0.15, 0.2) is 17.5 Å². The van der Waals surface area contributed by atoms with Crippen LogP contribution in [-0.4, -0.2) is 45.3 Å². The number of hydrogen-bond acceptors (Lipinski definition) is 4. The van der Waals surface area contributed by atoms with Crippen LogP contribution >= 0.6 is 24.0 Å². The Balaban J connectivity index is 0.00000338. The van der Waals surface area contributed by atoms with E-state index in [9.17, 15) is 0 Å². The van der Waals surface area contributed by atoms with Gasteiger partial charge in [0.05, 0.1) is 14.2 Å². The fourth-order valence-corrected chi connectivity index (χ4v) is 2.45. The van der Waals surface area contributed by atoms with Crippen LogP contribution < -0.4 is 20.1 Å². The number of nitrogens with zero attached hydrogens (tertiary/aromatic N) is 2. The van der Waals surface area contributed by atoms with Crippen molar-refractivity contribution >= 4 is 29.9 Å². The molecule has 0 saturated carbocycles. The number of methoxy groups -OCH3 is 2. The summed E-state index contributed by atoms with van der Waals surface area (Å²) >= 11 is 0. The van der Waals surface area contributed by atoms with E-state index in [1.54, 1.807) is 27.5 Å². The first-order chi connectivity index (χ1) is 12.3. The summed E-state index contributed by atoms with van der Waals surface area (Å²) in [5.74, 6) is 2.29. The monoisotopic (exact) mass is 470 g/mol. The second-order valence-electron chi connectivity index (χ2n) is 5.48. The average Bonchev–Trinajstić information content (AvgIpc) is 2.67. The maximum absolute atomic E-state index is 5.33. The van der Waals surface area contributed by atoms with Crippen molar-refractivity contribution in [2.45, 2.75) is 12.8 Å². The summed E-state index contributed by atoms with van der Waals surface area (Å²) in [7, 11) is 5.06. The molecule has 0 bridgehead atoms. The van der Waals surface area contributed by atoms with Gasteiger partial charge in [-0.3, -0.25) is 9.98 Å². The van der Waals surface area contributed by atoms with E-state index >= 15 is 0 Å². The molecule has 0 saturated heterocycles. The third-order valence-corrected chi connectivity index (χ3v) is 3.81. The van der Waals surface area contributed by atoms with E-state index in [1.807, 2.05) is 30.5 Å². The normalized spacial score (nSPS) is 10.7. The molecule has 2 N–H and O–H groups in total. The highest BCUT2D eigenvalue weighted by molar-refractivity contribution is 14.0. The summed E-state index contributed by atoms with van der Waals surface area (Å²) in [6.45, 7) is 1.59. The molecule has 1 aromatic carbocycles. The maximum Gasteiger partial charge on any atom is 0.190 e. The lowest BCUT2D eigenvalue weighted by atomic mass is 10.1. The van der Waals surface area contributed by atoms with Crippen LogP contribution in [0.2, 0.25) is 0 Å². The van der Waals surface area contributed by atoms with Crippen LogP contribution in [0.25, 0.3) is 0 Å². The van der Waals surface area contributed by atoms with Crippen molar-refractivity contribution in [2.24, 2.45) is 4.99 Å². The molecule has 2 aromatic rings. The molecule has 6 nitrogen and oxygen atoms in total. The van der Waals surface area contributed by atoms with Gasteiger partial charge in [0, 0.05) is 32.5 Å². The number of ether oxygens (including phenoxy) is 2. The Kier molecular flexibility index (Phi) is 10.5. The third kappa shape index (κ3) is 7.07. The predicted molar refractivity (Wildman–Crippen MR) is 116 cm³/mol. The van der Waals surface area contributed by atoms with Crippen molar-refractivity contribution in [2.75, 3.05) is 34.4 Å². The van der Waals surface area contributed by atoms with Gasteiger partial charge in [-0.05, 0) is 42.2 Å². The SMILES string of the molecule is CN=C(NCCc1cccnc1)NCCc1ccc(OC)c(OC)c1.I. The van der Waals surface area contributed by atoms with Crippen molar-refractivity contribution < 1.29 is 9.47 Å². The highest BCUT2D eigenvalue weighted by atomic mass is 127. The standard InChI is InChI=1S/C19H26N4O2.HI/c1-20-19(23-12-9-16-5-4-10-21-14-16)22-11-8-15-6-7-17(24-2)18(13-15)25-3;/h4-7,10,13-14H,8-9,11-12H2,1-3H3,(H2,20,22,23);1H. The van der Waals surface area contributed by atoms with Crippen LogP contribution in [0.3, 0.4) is 0 Å². The molecule has 0 atom stereocenters. The summed E-state index contributed by atoms with van der Waals surface area (Å²) in [5.41, 5.74) is 2.38. The molecule has 1 heterocycles. The molecule has 0 aliphatic carbocycles. The molecule has 0 radical (unpaired) electrons. The first-order valence-electron chi connectivity index (χ1n) is 8.31. The minimum absolute atomic E-state index is 0. The first kappa shape index (κ1) is 22.0. The largest absolute Gasteiger partial charge is 0.493 e. The highest BCUT2D eigenvalue weighted by Gasteiger charge is 2.05. The molecule has 0 aliphatic rings. The second-order valence-corrected chi connectivity index (χ2v) is 5.48.